The molecule has 2 saturated carbocycles. The van der Waals surface area contributed by atoms with Gasteiger partial charge in [-0.15, -0.1) is 0 Å². The summed E-state index contributed by atoms with van der Waals surface area (Å²) in [6.07, 6.45) is 2.21. The summed E-state index contributed by atoms with van der Waals surface area (Å²) < 4.78 is 27.2. The van der Waals surface area contributed by atoms with E-state index in [1.54, 1.807) is 48.6 Å². The molecule has 0 radical (unpaired) electrons. The van der Waals surface area contributed by atoms with Crippen LogP contribution >= 0.6 is 0 Å². The number of pyridine rings is 2. The third-order valence-corrected chi connectivity index (χ3v) is 11.1. The number of hydrogen-bond donors (Lipinski definition) is 6. The molecule has 2 aliphatic rings. The molecule has 0 saturated heterocycles. The standard InChI is InChI=1S/2C25H25FNO4.Ca.H2O/c2*26-17-9-7-15(8-10-17)24-20-3-1-2-4-22(20)27-25(16-5-6-16)21(24)12-11-18(28)13-19(29)14-23(30)31;;/h2*1-4,7-12,16,18-19,23,28-30H,5-6,13-14H2;;1H2/q2*-1;+2;/b2*12-11+;;/t2*18-,19-,23+;;/m11../s1. The summed E-state index contributed by atoms with van der Waals surface area (Å²) in [5, 5.41) is 81.7. The summed E-state index contributed by atoms with van der Waals surface area (Å²) in [6.45, 7) is 0. The van der Waals surface area contributed by atoms with Gasteiger partial charge in [-0.1, -0.05) is 85.0 Å². The van der Waals surface area contributed by atoms with Crippen LogP contribution in [-0.4, -0.2) is 121 Å². The molecule has 2 aliphatic carbocycles. The van der Waals surface area contributed by atoms with Gasteiger partial charge in [-0.2, -0.15) is 0 Å². The van der Waals surface area contributed by atoms with Crippen molar-refractivity contribution in [2.75, 3.05) is 0 Å². The number of para-hydroxylation sites is 2. The van der Waals surface area contributed by atoms with Gasteiger partial charge in [-0.05, 0) is 98.6 Å². The fourth-order valence-electron chi connectivity index (χ4n) is 7.81. The molecule has 0 spiro atoms. The zero-order valence-corrected chi connectivity index (χ0v) is 37.4. The maximum absolute atomic E-state index is 13.6. The molecular formula is C50H52CaF2N2O9. The van der Waals surface area contributed by atoms with Crippen molar-refractivity contribution in [3.8, 4) is 22.3 Å². The first-order valence-corrected chi connectivity index (χ1v) is 21.0. The van der Waals surface area contributed by atoms with E-state index < -0.39 is 37.0 Å². The summed E-state index contributed by atoms with van der Waals surface area (Å²) in [5.41, 5.74) is 8.89. The summed E-state index contributed by atoms with van der Waals surface area (Å²) in [7, 11) is 0. The van der Waals surface area contributed by atoms with E-state index in [1.807, 2.05) is 48.5 Å². The molecular weight excluding hydrogens is 851 g/mol. The van der Waals surface area contributed by atoms with E-state index in [9.17, 15) is 39.4 Å². The number of aliphatic hydroxyl groups excluding tert-OH is 6. The Morgan fingerprint density at radius 1 is 0.531 bits per heavy atom. The first-order chi connectivity index (χ1) is 29.8. The number of hydrogen-bond acceptors (Lipinski definition) is 10. The minimum atomic E-state index is -1.87. The van der Waals surface area contributed by atoms with Crippen molar-refractivity contribution in [2.24, 2.45) is 0 Å². The molecule has 11 nitrogen and oxygen atoms in total. The van der Waals surface area contributed by atoms with E-state index in [0.29, 0.717) is 11.8 Å². The normalized spacial score (nSPS) is 16.7. The average Bonchev–Trinajstić information content (AvgIpc) is 4.17. The molecule has 0 amide bonds. The second-order valence-electron chi connectivity index (χ2n) is 16.2. The Balaban J connectivity index is 0.000000234. The van der Waals surface area contributed by atoms with Crippen molar-refractivity contribution in [1.82, 2.24) is 9.97 Å². The second kappa shape index (κ2) is 23.4. The summed E-state index contributed by atoms with van der Waals surface area (Å²) in [4.78, 5) is 9.78. The van der Waals surface area contributed by atoms with Crippen LogP contribution < -0.4 is 10.2 Å². The number of nitrogens with zero attached hydrogens (tertiary/aromatic N) is 2. The van der Waals surface area contributed by atoms with Crippen LogP contribution in [0.4, 0.5) is 8.78 Å². The maximum atomic E-state index is 13.6. The molecule has 332 valence electrons. The Bertz CT molecular complexity index is 2340. The van der Waals surface area contributed by atoms with E-state index in [4.69, 9.17) is 20.2 Å². The molecule has 14 heteroatoms. The van der Waals surface area contributed by atoms with Crippen molar-refractivity contribution in [3.63, 3.8) is 0 Å². The van der Waals surface area contributed by atoms with Crippen LogP contribution in [0.15, 0.2) is 109 Å². The largest absolute Gasteiger partial charge is 2.00 e. The summed E-state index contributed by atoms with van der Waals surface area (Å²) >= 11 is 0. The molecule has 0 bridgehead atoms. The van der Waals surface area contributed by atoms with Crippen molar-refractivity contribution in [1.29, 1.82) is 0 Å². The van der Waals surface area contributed by atoms with Crippen LogP contribution in [0.1, 0.15) is 85.7 Å². The van der Waals surface area contributed by atoms with Crippen molar-refractivity contribution in [2.45, 2.75) is 100 Å². The summed E-state index contributed by atoms with van der Waals surface area (Å²) in [5.74, 6) is 0.0433. The predicted octanol–water partition coefficient (Wildman–Crippen LogP) is 5.02. The maximum Gasteiger partial charge on any atom is 2.00 e. The molecule has 0 aliphatic heterocycles. The smallest absolute Gasteiger partial charge is 0.831 e. The Morgan fingerprint density at radius 2 is 0.875 bits per heavy atom. The number of halogens is 2. The zero-order valence-electron chi connectivity index (χ0n) is 35.2. The minimum absolute atomic E-state index is 0. The molecule has 64 heavy (non-hydrogen) atoms. The van der Waals surface area contributed by atoms with Crippen LogP contribution in [-0.2, 0) is 0 Å². The molecule has 6 aromatic rings. The topological polar surface area (TPSA) is 225 Å². The van der Waals surface area contributed by atoms with Crippen molar-refractivity contribution < 1.29 is 55.1 Å². The van der Waals surface area contributed by atoms with Gasteiger partial charge in [0.25, 0.3) is 0 Å². The van der Waals surface area contributed by atoms with Gasteiger partial charge >= 0.3 is 37.7 Å². The first kappa shape index (κ1) is 50.9. The molecule has 4 aromatic carbocycles. The van der Waals surface area contributed by atoms with E-state index in [-0.39, 0.29) is 80.5 Å². The quantitative estimate of drug-likeness (QED) is 0.0562. The molecule has 8 rings (SSSR count). The van der Waals surface area contributed by atoms with Gasteiger partial charge in [0.1, 0.15) is 11.6 Å². The van der Waals surface area contributed by atoms with Crippen molar-refractivity contribution in [3.05, 3.63) is 143 Å². The van der Waals surface area contributed by atoms with Crippen LogP contribution in [0.25, 0.3) is 56.2 Å². The number of benzene rings is 4. The molecule has 8 N–H and O–H groups in total. The third-order valence-electron chi connectivity index (χ3n) is 11.1. The average molecular weight is 903 g/mol. The predicted molar refractivity (Wildman–Crippen MR) is 240 cm³/mol. The Labute approximate surface area is 400 Å². The van der Waals surface area contributed by atoms with Crippen LogP contribution in [0.2, 0.25) is 0 Å². The van der Waals surface area contributed by atoms with Crippen LogP contribution in [0.3, 0.4) is 0 Å². The van der Waals surface area contributed by atoms with Crippen LogP contribution in [0.5, 0.6) is 0 Å². The Morgan fingerprint density at radius 3 is 1.20 bits per heavy atom. The SMILES string of the molecule is O.[Ca+2].[O-][C@H](O)C[C@H](O)C[C@H](O)/C=C/c1c(C2CC2)nc2ccccc2c1-c1ccc(F)cc1.[O-][C@H](O)C[C@H](O)C[C@H](O)/C=C/c1c(C2CC2)nc2ccccc2c1-c1ccc(F)cc1. The second-order valence-corrected chi connectivity index (χ2v) is 16.2. The molecule has 6 atom stereocenters. The minimum Gasteiger partial charge on any atom is -0.831 e. The van der Waals surface area contributed by atoms with Gasteiger partial charge in [-0.25, -0.2) is 8.78 Å². The van der Waals surface area contributed by atoms with E-state index in [0.717, 1.165) is 92.3 Å². The van der Waals surface area contributed by atoms with Gasteiger partial charge in [0.05, 0.1) is 46.8 Å². The molecule has 0 unspecified atom stereocenters. The van der Waals surface area contributed by atoms with Gasteiger partial charge in [0, 0.05) is 57.7 Å². The zero-order chi connectivity index (χ0) is 43.9. The number of rotatable bonds is 16. The fraction of sp³-hybridized carbons (Fsp3) is 0.320. The molecule has 2 heterocycles. The molecule has 2 fully saturated rings. The van der Waals surface area contributed by atoms with E-state index in [2.05, 4.69) is 0 Å². The third kappa shape index (κ3) is 13.5. The first-order valence-electron chi connectivity index (χ1n) is 21.0. The van der Waals surface area contributed by atoms with E-state index >= 15 is 0 Å². The van der Waals surface area contributed by atoms with Gasteiger partial charge < -0.3 is 46.3 Å². The molecule has 2 aromatic heterocycles. The Hall–Kier alpha value is -4.06. The van der Waals surface area contributed by atoms with Gasteiger partial charge in [-0.3, -0.25) is 9.97 Å². The van der Waals surface area contributed by atoms with Crippen LogP contribution in [0, 0.1) is 11.6 Å². The monoisotopic (exact) mass is 902 g/mol. The Kier molecular flexibility index (Phi) is 18.6. The van der Waals surface area contributed by atoms with Crippen molar-refractivity contribution >= 4 is 71.7 Å². The number of aliphatic hydroxyl groups is 6. The van der Waals surface area contributed by atoms with Gasteiger partial charge in [0.15, 0.2) is 0 Å². The fourth-order valence-corrected chi connectivity index (χ4v) is 7.81. The summed E-state index contributed by atoms with van der Waals surface area (Å²) in [6, 6.07) is 28.3. The number of aromatic nitrogens is 2. The number of fused-ring (bicyclic) bond motifs is 2. The van der Waals surface area contributed by atoms with Gasteiger partial charge in [0.2, 0.25) is 0 Å². The van der Waals surface area contributed by atoms with E-state index in [1.165, 1.54) is 24.3 Å².